The first-order valence-corrected chi connectivity index (χ1v) is 7.26. The van der Waals surface area contributed by atoms with E-state index in [4.69, 9.17) is 5.11 Å². The van der Waals surface area contributed by atoms with E-state index in [1.54, 1.807) is 13.0 Å². The quantitative estimate of drug-likeness (QED) is 0.687. The Morgan fingerprint density at radius 3 is 2.43 bits per heavy atom. The van der Waals surface area contributed by atoms with Gasteiger partial charge in [0, 0.05) is 18.5 Å². The fourth-order valence-electron chi connectivity index (χ4n) is 2.10. The van der Waals surface area contributed by atoms with E-state index in [1.807, 2.05) is 0 Å². The van der Waals surface area contributed by atoms with Crippen molar-refractivity contribution in [2.45, 2.75) is 45.4 Å². The Bertz CT molecular complexity index is 468. The minimum atomic E-state index is -0.757. The molecule has 0 aliphatic heterocycles. The summed E-state index contributed by atoms with van der Waals surface area (Å²) in [6.07, 6.45) is 4.56. The molecule has 1 rings (SSSR count). The molecule has 0 aliphatic carbocycles. The van der Waals surface area contributed by atoms with Crippen LogP contribution in [-0.4, -0.2) is 23.5 Å². The van der Waals surface area contributed by atoms with Crippen LogP contribution in [0, 0.1) is 12.7 Å². The third-order valence-electron chi connectivity index (χ3n) is 3.16. The maximum atomic E-state index is 13.2. The predicted octanol–water partition coefficient (Wildman–Crippen LogP) is 3.29. The van der Waals surface area contributed by atoms with E-state index in [9.17, 15) is 14.0 Å². The van der Waals surface area contributed by atoms with E-state index in [0.29, 0.717) is 18.5 Å². The second kappa shape index (κ2) is 9.10. The Kier molecular flexibility index (Phi) is 7.43. The van der Waals surface area contributed by atoms with E-state index in [2.05, 4.69) is 5.32 Å². The van der Waals surface area contributed by atoms with Gasteiger partial charge in [0.05, 0.1) is 0 Å². The Labute approximate surface area is 124 Å². The summed E-state index contributed by atoms with van der Waals surface area (Å²) in [5.74, 6) is -1.42. The van der Waals surface area contributed by atoms with E-state index in [-0.39, 0.29) is 12.3 Å². The number of aliphatic carboxylic acids is 1. The number of hydrogen-bond donors (Lipinski definition) is 2. The lowest BCUT2D eigenvalue weighted by atomic mass is 10.1. The summed E-state index contributed by atoms with van der Waals surface area (Å²) >= 11 is 0. The first-order valence-electron chi connectivity index (χ1n) is 7.26. The molecule has 0 unspecified atom stereocenters. The Balaban J connectivity index is 2.15. The van der Waals surface area contributed by atoms with Crippen molar-refractivity contribution in [1.29, 1.82) is 0 Å². The van der Waals surface area contributed by atoms with Gasteiger partial charge in [-0.2, -0.15) is 0 Å². The Morgan fingerprint density at radius 2 is 1.76 bits per heavy atom. The van der Waals surface area contributed by atoms with Gasteiger partial charge >= 0.3 is 5.97 Å². The molecule has 1 aromatic rings. The Morgan fingerprint density at radius 1 is 1.10 bits per heavy atom. The first-order chi connectivity index (χ1) is 9.99. The van der Waals surface area contributed by atoms with Crippen LogP contribution in [-0.2, 0) is 4.79 Å². The minimum absolute atomic E-state index is 0.218. The molecule has 1 amide bonds. The fraction of sp³-hybridized carbons (Fsp3) is 0.500. The van der Waals surface area contributed by atoms with Crippen LogP contribution in [0.1, 0.15) is 54.4 Å². The molecule has 116 valence electrons. The summed E-state index contributed by atoms with van der Waals surface area (Å²) < 4.78 is 13.2. The summed E-state index contributed by atoms with van der Waals surface area (Å²) in [4.78, 5) is 22.1. The number of hydrogen-bond acceptors (Lipinski definition) is 2. The van der Waals surface area contributed by atoms with Crippen LogP contribution in [0.25, 0.3) is 0 Å². The molecule has 2 N–H and O–H groups in total. The highest BCUT2D eigenvalue weighted by Gasteiger charge is 2.07. The van der Waals surface area contributed by atoms with Gasteiger partial charge in [-0.3, -0.25) is 9.59 Å². The van der Waals surface area contributed by atoms with Crippen molar-refractivity contribution in [3.63, 3.8) is 0 Å². The van der Waals surface area contributed by atoms with Gasteiger partial charge in [0.15, 0.2) is 0 Å². The molecule has 0 aromatic heterocycles. The third kappa shape index (κ3) is 7.44. The zero-order chi connectivity index (χ0) is 15.7. The molecule has 0 radical (unpaired) electrons. The lowest BCUT2D eigenvalue weighted by Crippen LogP contribution is -2.24. The van der Waals surface area contributed by atoms with Crippen LogP contribution in [0.4, 0.5) is 4.39 Å². The zero-order valence-corrected chi connectivity index (χ0v) is 12.3. The van der Waals surface area contributed by atoms with Crippen LogP contribution in [0.15, 0.2) is 18.2 Å². The van der Waals surface area contributed by atoms with Gasteiger partial charge in [-0.1, -0.05) is 19.3 Å². The second-order valence-corrected chi connectivity index (χ2v) is 5.18. The summed E-state index contributed by atoms with van der Waals surface area (Å²) in [6, 6.07) is 4.27. The standard InChI is InChI=1S/C16H22FNO3/c1-12-9-13(11-14(17)10-12)16(21)18-8-6-4-2-3-5-7-15(19)20/h9-11H,2-8H2,1H3,(H,18,21)(H,19,20). The highest BCUT2D eigenvalue weighted by Crippen LogP contribution is 2.09. The predicted molar refractivity (Wildman–Crippen MR) is 78.8 cm³/mol. The number of halogens is 1. The molecule has 0 bridgehead atoms. The van der Waals surface area contributed by atoms with Crippen LogP contribution >= 0.6 is 0 Å². The number of benzene rings is 1. The minimum Gasteiger partial charge on any atom is -0.481 e. The van der Waals surface area contributed by atoms with Gasteiger partial charge in [0.1, 0.15) is 5.82 Å². The molecular formula is C16H22FNO3. The van der Waals surface area contributed by atoms with E-state index >= 15 is 0 Å². The molecule has 0 heterocycles. The lowest BCUT2D eigenvalue weighted by molar-refractivity contribution is -0.137. The summed E-state index contributed by atoms with van der Waals surface area (Å²) in [5, 5.41) is 11.3. The lowest BCUT2D eigenvalue weighted by Gasteiger charge is -2.06. The van der Waals surface area contributed by atoms with Gasteiger partial charge in [0.25, 0.3) is 5.91 Å². The van der Waals surface area contributed by atoms with Crippen molar-refractivity contribution < 1.29 is 19.1 Å². The maximum Gasteiger partial charge on any atom is 0.303 e. The fourth-order valence-corrected chi connectivity index (χ4v) is 2.10. The molecule has 21 heavy (non-hydrogen) atoms. The summed E-state index contributed by atoms with van der Waals surface area (Å²) in [7, 11) is 0. The van der Waals surface area contributed by atoms with Crippen molar-refractivity contribution >= 4 is 11.9 Å². The van der Waals surface area contributed by atoms with Crippen LogP contribution < -0.4 is 5.32 Å². The van der Waals surface area contributed by atoms with Gasteiger partial charge in [-0.15, -0.1) is 0 Å². The molecule has 0 fully saturated rings. The van der Waals surface area contributed by atoms with Gasteiger partial charge in [-0.25, -0.2) is 4.39 Å². The second-order valence-electron chi connectivity index (χ2n) is 5.18. The van der Waals surface area contributed by atoms with Gasteiger partial charge in [-0.05, 0) is 43.5 Å². The molecule has 0 aliphatic rings. The number of aryl methyl sites for hydroxylation is 1. The van der Waals surface area contributed by atoms with Crippen molar-refractivity contribution in [2.24, 2.45) is 0 Å². The van der Waals surface area contributed by atoms with Crippen LogP contribution in [0.3, 0.4) is 0 Å². The average Bonchev–Trinajstić information content (AvgIpc) is 2.40. The largest absolute Gasteiger partial charge is 0.481 e. The molecule has 0 saturated carbocycles. The highest BCUT2D eigenvalue weighted by atomic mass is 19.1. The number of carbonyl (C=O) groups excluding carboxylic acids is 1. The molecule has 1 aromatic carbocycles. The zero-order valence-electron chi connectivity index (χ0n) is 12.3. The van der Waals surface area contributed by atoms with Crippen molar-refractivity contribution in [3.05, 3.63) is 35.1 Å². The number of nitrogens with one attached hydrogen (secondary N) is 1. The van der Waals surface area contributed by atoms with Gasteiger partial charge in [0.2, 0.25) is 0 Å². The van der Waals surface area contributed by atoms with E-state index in [0.717, 1.165) is 31.2 Å². The van der Waals surface area contributed by atoms with Crippen LogP contribution in [0.2, 0.25) is 0 Å². The van der Waals surface area contributed by atoms with Crippen molar-refractivity contribution in [2.75, 3.05) is 6.54 Å². The van der Waals surface area contributed by atoms with Crippen molar-refractivity contribution in [1.82, 2.24) is 5.32 Å². The molecule has 0 spiro atoms. The monoisotopic (exact) mass is 295 g/mol. The highest BCUT2D eigenvalue weighted by molar-refractivity contribution is 5.94. The molecule has 4 nitrogen and oxygen atoms in total. The van der Waals surface area contributed by atoms with Crippen LogP contribution in [0.5, 0.6) is 0 Å². The topological polar surface area (TPSA) is 66.4 Å². The molecular weight excluding hydrogens is 273 g/mol. The SMILES string of the molecule is Cc1cc(F)cc(C(=O)NCCCCCCCC(=O)O)c1. The molecule has 0 atom stereocenters. The van der Waals surface area contributed by atoms with E-state index in [1.165, 1.54) is 12.1 Å². The first kappa shape index (κ1) is 17.1. The number of carbonyl (C=O) groups is 2. The number of amides is 1. The summed E-state index contributed by atoms with van der Waals surface area (Å²) in [6.45, 7) is 2.30. The molecule has 5 heteroatoms. The number of rotatable bonds is 9. The van der Waals surface area contributed by atoms with E-state index < -0.39 is 11.8 Å². The smallest absolute Gasteiger partial charge is 0.303 e. The third-order valence-corrected chi connectivity index (χ3v) is 3.16. The van der Waals surface area contributed by atoms with Gasteiger partial charge < -0.3 is 10.4 Å². The summed E-state index contributed by atoms with van der Waals surface area (Å²) in [5.41, 5.74) is 1.06. The average molecular weight is 295 g/mol. The number of carboxylic acid groups (broad SMARTS) is 1. The number of carboxylic acids is 1. The molecule has 0 saturated heterocycles. The normalized spacial score (nSPS) is 10.4. The number of unbranched alkanes of at least 4 members (excludes halogenated alkanes) is 4. The Hall–Kier alpha value is -1.91. The van der Waals surface area contributed by atoms with Crippen molar-refractivity contribution in [3.8, 4) is 0 Å². The maximum absolute atomic E-state index is 13.2.